The second kappa shape index (κ2) is 11.4. The highest BCUT2D eigenvalue weighted by Gasteiger charge is 2.35. The molecule has 0 unspecified atom stereocenters. The van der Waals surface area contributed by atoms with Crippen molar-refractivity contribution >= 4 is 17.7 Å². The average Bonchev–Trinajstić information content (AvgIpc) is 3.66. The molecule has 0 saturated heterocycles. The Morgan fingerprint density at radius 1 is 1.06 bits per heavy atom. The molecule has 1 atom stereocenters. The molecule has 0 radical (unpaired) electrons. The number of amides is 3. The first-order valence-electron chi connectivity index (χ1n) is 11.6. The Morgan fingerprint density at radius 2 is 1.83 bits per heavy atom. The highest BCUT2D eigenvalue weighted by atomic mass is 16.5. The Morgan fingerprint density at radius 3 is 2.51 bits per heavy atom. The van der Waals surface area contributed by atoms with Crippen molar-refractivity contribution in [3.05, 3.63) is 78.1 Å². The van der Waals surface area contributed by atoms with Gasteiger partial charge in [-0.1, -0.05) is 25.0 Å². The van der Waals surface area contributed by atoms with Crippen LogP contribution in [0.5, 0.6) is 5.75 Å². The summed E-state index contributed by atoms with van der Waals surface area (Å²) in [5.74, 6) is -0.218. The number of furan rings is 2. The molecular weight excluding hydrogens is 450 g/mol. The van der Waals surface area contributed by atoms with Gasteiger partial charge in [-0.2, -0.15) is 0 Å². The van der Waals surface area contributed by atoms with E-state index >= 15 is 0 Å². The third-order valence-corrected chi connectivity index (χ3v) is 6.03. The predicted molar refractivity (Wildman–Crippen MR) is 126 cm³/mol. The lowest BCUT2D eigenvalue weighted by molar-refractivity contribution is -0.141. The zero-order chi connectivity index (χ0) is 24.6. The smallest absolute Gasteiger partial charge is 0.287 e. The van der Waals surface area contributed by atoms with Gasteiger partial charge in [0.05, 0.1) is 26.2 Å². The molecule has 1 saturated carbocycles. The minimum absolute atomic E-state index is 0.0624. The summed E-state index contributed by atoms with van der Waals surface area (Å²) in [7, 11) is 1.56. The van der Waals surface area contributed by atoms with Crippen molar-refractivity contribution in [3.8, 4) is 5.75 Å². The Bertz CT molecular complexity index is 1120. The number of nitrogens with one attached hydrogen (secondary N) is 2. The lowest BCUT2D eigenvalue weighted by atomic mass is 10.1. The molecule has 1 fully saturated rings. The molecule has 2 N–H and O–H groups in total. The second-order valence-electron chi connectivity index (χ2n) is 8.44. The fourth-order valence-corrected chi connectivity index (χ4v) is 4.26. The van der Waals surface area contributed by atoms with Crippen LogP contribution < -0.4 is 15.4 Å². The van der Waals surface area contributed by atoms with Crippen LogP contribution in [0.1, 0.15) is 53.6 Å². The summed E-state index contributed by atoms with van der Waals surface area (Å²) in [4.78, 5) is 40.7. The van der Waals surface area contributed by atoms with Gasteiger partial charge in [0.15, 0.2) is 11.8 Å². The molecule has 0 spiro atoms. The van der Waals surface area contributed by atoms with Gasteiger partial charge in [0, 0.05) is 12.6 Å². The van der Waals surface area contributed by atoms with Crippen molar-refractivity contribution < 1.29 is 28.0 Å². The van der Waals surface area contributed by atoms with Gasteiger partial charge in [-0.15, -0.1) is 0 Å². The highest BCUT2D eigenvalue weighted by molar-refractivity contribution is 5.95. The maximum absolute atomic E-state index is 13.5. The van der Waals surface area contributed by atoms with Crippen LogP contribution >= 0.6 is 0 Å². The lowest BCUT2D eigenvalue weighted by Gasteiger charge is -2.31. The normalized spacial score (nSPS) is 14.3. The second-order valence-corrected chi connectivity index (χ2v) is 8.44. The molecule has 3 aromatic rings. The average molecular weight is 480 g/mol. The van der Waals surface area contributed by atoms with E-state index in [1.54, 1.807) is 37.4 Å². The molecule has 3 amide bonds. The molecule has 4 rings (SSSR count). The van der Waals surface area contributed by atoms with Crippen LogP contribution in [0.3, 0.4) is 0 Å². The maximum atomic E-state index is 13.5. The van der Waals surface area contributed by atoms with E-state index in [4.69, 9.17) is 13.6 Å². The van der Waals surface area contributed by atoms with Crippen molar-refractivity contribution in [2.45, 2.75) is 44.3 Å². The standard InChI is InChI=1S/C26H29N3O6/c1-33-20-10-4-7-18(15-20)17-29(23(30)16-27-25(31)22-12-6-14-35-22)24(21-11-5-13-34-21)26(32)28-19-8-2-3-9-19/h4-7,10-15,19,24H,2-3,8-9,16-17H2,1H3,(H,27,31)(H,28,32)/t24-/m1/s1. The van der Waals surface area contributed by atoms with E-state index < -0.39 is 17.9 Å². The minimum Gasteiger partial charge on any atom is -0.497 e. The first kappa shape index (κ1) is 24.1. The maximum Gasteiger partial charge on any atom is 0.287 e. The summed E-state index contributed by atoms with van der Waals surface area (Å²) in [5.41, 5.74) is 0.764. The van der Waals surface area contributed by atoms with Gasteiger partial charge in [0.25, 0.3) is 11.8 Å². The van der Waals surface area contributed by atoms with Crippen LogP contribution in [0.25, 0.3) is 0 Å². The van der Waals surface area contributed by atoms with Crippen LogP contribution in [0.2, 0.25) is 0 Å². The minimum atomic E-state index is -1.01. The highest BCUT2D eigenvalue weighted by Crippen LogP contribution is 2.27. The zero-order valence-electron chi connectivity index (χ0n) is 19.6. The fourth-order valence-electron chi connectivity index (χ4n) is 4.26. The summed E-state index contributed by atoms with van der Waals surface area (Å²) in [6.07, 6.45) is 6.77. The van der Waals surface area contributed by atoms with Crippen LogP contribution in [0.15, 0.2) is 69.9 Å². The molecule has 0 bridgehead atoms. The Hall–Kier alpha value is -4.01. The first-order chi connectivity index (χ1) is 17.0. The van der Waals surface area contributed by atoms with E-state index in [0.29, 0.717) is 11.5 Å². The monoisotopic (exact) mass is 479 g/mol. The number of methoxy groups -OCH3 is 1. The molecule has 35 heavy (non-hydrogen) atoms. The Labute approximate surface area is 203 Å². The number of carbonyl (C=O) groups excluding carboxylic acids is 3. The largest absolute Gasteiger partial charge is 0.497 e. The number of hydrogen-bond acceptors (Lipinski definition) is 6. The van der Waals surface area contributed by atoms with E-state index in [9.17, 15) is 14.4 Å². The zero-order valence-corrected chi connectivity index (χ0v) is 19.6. The van der Waals surface area contributed by atoms with Gasteiger partial charge < -0.3 is 29.1 Å². The van der Waals surface area contributed by atoms with E-state index in [2.05, 4.69) is 10.6 Å². The number of hydrogen-bond donors (Lipinski definition) is 2. The van der Waals surface area contributed by atoms with Gasteiger partial charge in [0.2, 0.25) is 5.91 Å². The Kier molecular flexibility index (Phi) is 7.87. The van der Waals surface area contributed by atoms with Gasteiger partial charge in [-0.25, -0.2) is 0 Å². The van der Waals surface area contributed by atoms with Gasteiger partial charge in [0.1, 0.15) is 11.5 Å². The Balaban J connectivity index is 1.60. The number of rotatable bonds is 10. The fraction of sp³-hybridized carbons (Fsp3) is 0.346. The molecule has 9 nitrogen and oxygen atoms in total. The van der Waals surface area contributed by atoms with Crippen molar-refractivity contribution in [1.82, 2.24) is 15.5 Å². The third-order valence-electron chi connectivity index (χ3n) is 6.03. The molecule has 1 aliphatic rings. The first-order valence-corrected chi connectivity index (χ1v) is 11.6. The van der Waals surface area contributed by atoms with Crippen molar-refractivity contribution in [2.24, 2.45) is 0 Å². The van der Waals surface area contributed by atoms with Crippen LogP contribution in [-0.2, 0) is 16.1 Å². The lowest BCUT2D eigenvalue weighted by Crippen LogP contribution is -2.48. The SMILES string of the molecule is COc1cccc(CN(C(=O)CNC(=O)c2ccco2)[C@@H](C(=O)NC2CCCC2)c2ccco2)c1. The summed E-state index contributed by atoms with van der Waals surface area (Å²) in [6, 6.07) is 12.8. The molecule has 2 aromatic heterocycles. The van der Waals surface area contributed by atoms with Crippen LogP contribution in [0, 0.1) is 0 Å². The topological polar surface area (TPSA) is 114 Å². The van der Waals surface area contributed by atoms with Gasteiger partial charge in [-0.05, 0) is 54.8 Å². The molecule has 1 aromatic carbocycles. The van der Waals surface area contributed by atoms with Crippen molar-refractivity contribution in [1.29, 1.82) is 0 Å². The molecule has 2 heterocycles. The van der Waals surface area contributed by atoms with Crippen LogP contribution in [0.4, 0.5) is 0 Å². The van der Waals surface area contributed by atoms with Crippen LogP contribution in [-0.4, -0.2) is 42.3 Å². The molecular formula is C26H29N3O6. The predicted octanol–water partition coefficient (Wildman–Crippen LogP) is 3.44. The number of carbonyl (C=O) groups is 3. The summed E-state index contributed by atoms with van der Waals surface area (Å²) in [5, 5.41) is 5.65. The summed E-state index contributed by atoms with van der Waals surface area (Å²) < 4.78 is 16.0. The van der Waals surface area contributed by atoms with Crippen molar-refractivity contribution in [3.63, 3.8) is 0 Å². The summed E-state index contributed by atoms with van der Waals surface area (Å²) >= 11 is 0. The molecule has 184 valence electrons. The molecule has 0 aliphatic heterocycles. The summed E-state index contributed by atoms with van der Waals surface area (Å²) in [6.45, 7) is -0.215. The number of nitrogens with zero attached hydrogens (tertiary/aromatic N) is 1. The van der Waals surface area contributed by atoms with E-state index in [1.807, 2.05) is 12.1 Å². The van der Waals surface area contributed by atoms with E-state index in [0.717, 1.165) is 31.2 Å². The van der Waals surface area contributed by atoms with Gasteiger partial charge in [-0.3, -0.25) is 14.4 Å². The quantitative estimate of drug-likeness (QED) is 0.461. The molecule has 9 heteroatoms. The van der Waals surface area contributed by atoms with E-state index in [-0.39, 0.29) is 30.8 Å². The van der Waals surface area contributed by atoms with E-state index in [1.165, 1.54) is 23.5 Å². The van der Waals surface area contributed by atoms with Gasteiger partial charge >= 0.3 is 0 Å². The number of ether oxygens (including phenoxy) is 1. The molecule has 1 aliphatic carbocycles. The third kappa shape index (κ3) is 6.11. The van der Waals surface area contributed by atoms with Crippen molar-refractivity contribution in [2.75, 3.05) is 13.7 Å². The number of benzene rings is 1.